The summed E-state index contributed by atoms with van der Waals surface area (Å²) < 4.78 is 23.6. The number of amides is 1. The number of hydrogen-bond acceptors (Lipinski definition) is 3. The Balaban J connectivity index is 1.67. The van der Waals surface area contributed by atoms with Gasteiger partial charge in [0.05, 0.1) is 6.54 Å². The molecular weight excluding hydrogens is 297 g/mol. The zero-order valence-electron chi connectivity index (χ0n) is 13.3. The number of hydrogen-bond donors (Lipinski definition) is 1. The van der Waals surface area contributed by atoms with Crippen LogP contribution in [0.25, 0.3) is 0 Å². The first-order valence-electron chi connectivity index (χ1n) is 7.40. The molecule has 1 amide bonds. The Kier molecular flexibility index (Phi) is 5.97. The summed E-state index contributed by atoms with van der Waals surface area (Å²) in [6.45, 7) is 4.52. The third-order valence-corrected chi connectivity index (χ3v) is 3.21. The average Bonchev–Trinajstić information content (AvgIpc) is 2.54. The molecule has 5 heteroatoms. The van der Waals surface area contributed by atoms with Crippen LogP contribution in [0, 0.1) is 19.7 Å². The zero-order valence-corrected chi connectivity index (χ0v) is 13.3. The quantitative estimate of drug-likeness (QED) is 0.799. The molecule has 2 rings (SSSR count). The van der Waals surface area contributed by atoms with E-state index >= 15 is 0 Å². The molecule has 0 saturated heterocycles. The van der Waals surface area contributed by atoms with E-state index in [1.54, 1.807) is 12.1 Å². The Morgan fingerprint density at radius 3 is 2.57 bits per heavy atom. The van der Waals surface area contributed by atoms with Crippen LogP contribution in [0.3, 0.4) is 0 Å². The van der Waals surface area contributed by atoms with Crippen molar-refractivity contribution < 1.29 is 18.7 Å². The molecule has 2 aromatic rings. The van der Waals surface area contributed by atoms with Crippen molar-refractivity contribution >= 4 is 5.91 Å². The van der Waals surface area contributed by atoms with Gasteiger partial charge in [-0.05, 0) is 55.3 Å². The number of ether oxygens (including phenoxy) is 2. The highest BCUT2D eigenvalue weighted by Gasteiger charge is 2.05. The lowest BCUT2D eigenvalue weighted by molar-refractivity contribution is -0.123. The van der Waals surface area contributed by atoms with Gasteiger partial charge in [-0.2, -0.15) is 0 Å². The molecule has 0 spiro atoms. The van der Waals surface area contributed by atoms with Crippen molar-refractivity contribution in [3.05, 3.63) is 59.4 Å². The van der Waals surface area contributed by atoms with E-state index in [2.05, 4.69) is 5.32 Å². The topological polar surface area (TPSA) is 47.6 Å². The fourth-order valence-electron chi connectivity index (χ4n) is 1.95. The number of aryl methyl sites for hydroxylation is 2. The normalized spacial score (nSPS) is 10.2. The van der Waals surface area contributed by atoms with Crippen LogP contribution >= 0.6 is 0 Å². The number of halogens is 1. The van der Waals surface area contributed by atoms with E-state index in [-0.39, 0.29) is 18.3 Å². The first-order valence-corrected chi connectivity index (χ1v) is 7.40. The van der Waals surface area contributed by atoms with Gasteiger partial charge in [0.2, 0.25) is 0 Å². The average molecular weight is 317 g/mol. The molecule has 0 aliphatic heterocycles. The van der Waals surface area contributed by atoms with Crippen molar-refractivity contribution in [3.8, 4) is 11.5 Å². The van der Waals surface area contributed by atoms with Crippen molar-refractivity contribution in [1.82, 2.24) is 5.32 Å². The molecule has 0 fully saturated rings. The van der Waals surface area contributed by atoms with Crippen LogP contribution in [-0.4, -0.2) is 25.7 Å². The third-order valence-electron chi connectivity index (χ3n) is 3.21. The van der Waals surface area contributed by atoms with Crippen molar-refractivity contribution in [2.75, 3.05) is 19.8 Å². The summed E-state index contributed by atoms with van der Waals surface area (Å²) >= 11 is 0. The van der Waals surface area contributed by atoms with E-state index in [0.29, 0.717) is 24.7 Å². The smallest absolute Gasteiger partial charge is 0.258 e. The Bertz CT molecular complexity index is 656. The summed E-state index contributed by atoms with van der Waals surface area (Å²) in [5.41, 5.74) is 2.07. The lowest BCUT2D eigenvalue weighted by Crippen LogP contribution is -2.32. The van der Waals surface area contributed by atoms with Gasteiger partial charge in [-0.1, -0.05) is 12.1 Å². The second-order valence-electron chi connectivity index (χ2n) is 5.21. The zero-order chi connectivity index (χ0) is 16.7. The van der Waals surface area contributed by atoms with E-state index in [4.69, 9.17) is 9.47 Å². The first kappa shape index (κ1) is 16.8. The number of rotatable bonds is 7. The SMILES string of the molecule is Cc1ccc(C)c(OCC(=O)NCCOc2ccc(F)cc2)c1. The minimum Gasteiger partial charge on any atom is -0.492 e. The highest BCUT2D eigenvalue weighted by Crippen LogP contribution is 2.18. The van der Waals surface area contributed by atoms with Gasteiger partial charge in [-0.3, -0.25) is 4.79 Å². The third kappa shape index (κ3) is 5.62. The lowest BCUT2D eigenvalue weighted by Gasteiger charge is -2.11. The molecule has 0 heterocycles. The molecule has 0 unspecified atom stereocenters. The van der Waals surface area contributed by atoms with E-state index < -0.39 is 0 Å². The summed E-state index contributed by atoms with van der Waals surface area (Å²) in [6.07, 6.45) is 0. The molecule has 4 nitrogen and oxygen atoms in total. The van der Waals surface area contributed by atoms with Gasteiger partial charge >= 0.3 is 0 Å². The number of carbonyl (C=O) groups is 1. The monoisotopic (exact) mass is 317 g/mol. The molecule has 0 bridgehead atoms. The number of benzene rings is 2. The Morgan fingerprint density at radius 2 is 1.83 bits per heavy atom. The van der Waals surface area contributed by atoms with E-state index in [1.807, 2.05) is 32.0 Å². The Labute approximate surface area is 135 Å². The first-order chi connectivity index (χ1) is 11.0. The van der Waals surface area contributed by atoms with E-state index in [0.717, 1.165) is 11.1 Å². The number of nitrogens with one attached hydrogen (secondary N) is 1. The summed E-state index contributed by atoms with van der Waals surface area (Å²) in [7, 11) is 0. The summed E-state index contributed by atoms with van der Waals surface area (Å²) in [5.74, 6) is 0.748. The molecule has 23 heavy (non-hydrogen) atoms. The van der Waals surface area contributed by atoms with Gasteiger partial charge in [0.1, 0.15) is 23.9 Å². The molecule has 122 valence electrons. The van der Waals surface area contributed by atoms with Gasteiger partial charge in [0.25, 0.3) is 5.91 Å². The van der Waals surface area contributed by atoms with Crippen LogP contribution in [0.2, 0.25) is 0 Å². The van der Waals surface area contributed by atoms with Gasteiger partial charge in [0, 0.05) is 0 Å². The molecule has 2 aromatic carbocycles. The van der Waals surface area contributed by atoms with Crippen LogP contribution in [0.15, 0.2) is 42.5 Å². The molecular formula is C18H20FNO3. The maximum Gasteiger partial charge on any atom is 0.258 e. The molecule has 0 aromatic heterocycles. The Hall–Kier alpha value is -2.56. The van der Waals surface area contributed by atoms with Crippen LogP contribution < -0.4 is 14.8 Å². The highest BCUT2D eigenvalue weighted by atomic mass is 19.1. The highest BCUT2D eigenvalue weighted by molar-refractivity contribution is 5.77. The number of carbonyl (C=O) groups excluding carboxylic acids is 1. The molecule has 0 aliphatic rings. The standard InChI is InChI=1S/C18H20FNO3/c1-13-3-4-14(2)17(11-13)23-12-18(21)20-9-10-22-16-7-5-15(19)6-8-16/h3-8,11H,9-10,12H2,1-2H3,(H,20,21). The van der Waals surface area contributed by atoms with Crippen LogP contribution in [0.4, 0.5) is 4.39 Å². The predicted octanol–water partition coefficient (Wildman–Crippen LogP) is 3.02. The van der Waals surface area contributed by atoms with Gasteiger partial charge < -0.3 is 14.8 Å². The van der Waals surface area contributed by atoms with Crippen LogP contribution in [0.1, 0.15) is 11.1 Å². The minimum absolute atomic E-state index is 0.0408. The van der Waals surface area contributed by atoms with Crippen molar-refractivity contribution in [2.45, 2.75) is 13.8 Å². The van der Waals surface area contributed by atoms with Crippen LogP contribution in [-0.2, 0) is 4.79 Å². The fraction of sp³-hybridized carbons (Fsp3) is 0.278. The van der Waals surface area contributed by atoms with Crippen molar-refractivity contribution in [2.24, 2.45) is 0 Å². The van der Waals surface area contributed by atoms with E-state index in [1.165, 1.54) is 12.1 Å². The maximum atomic E-state index is 12.7. The van der Waals surface area contributed by atoms with Crippen molar-refractivity contribution in [1.29, 1.82) is 0 Å². The summed E-state index contributed by atoms with van der Waals surface area (Å²) in [6, 6.07) is 11.6. The summed E-state index contributed by atoms with van der Waals surface area (Å²) in [4.78, 5) is 11.7. The van der Waals surface area contributed by atoms with Crippen LogP contribution in [0.5, 0.6) is 11.5 Å². The second-order valence-corrected chi connectivity index (χ2v) is 5.21. The molecule has 1 N–H and O–H groups in total. The Morgan fingerprint density at radius 1 is 1.09 bits per heavy atom. The van der Waals surface area contributed by atoms with Gasteiger partial charge in [-0.25, -0.2) is 4.39 Å². The predicted molar refractivity (Wildman–Crippen MR) is 86.3 cm³/mol. The maximum absolute atomic E-state index is 12.7. The van der Waals surface area contributed by atoms with E-state index in [9.17, 15) is 9.18 Å². The lowest BCUT2D eigenvalue weighted by atomic mass is 10.1. The molecule has 0 radical (unpaired) electrons. The van der Waals surface area contributed by atoms with Gasteiger partial charge in [0.15, 0.2) is 6.61 Å². The summed E-state index contributed by atoms with van der Waals surface area (Å²) in [5, 5.41) is 2.71. The molecule has 0 saturated carbocycles. The molecule has 0 atom stereocenters. The van der Waals surface area contributed by atoms with Gasteiger partial charge in [-0.15, -0.1) is 0 Å². The molecule has 0 aliphatic carbocycles. The fourth-order valence-corrected chi connectivity index (χ4v) is 1.95. The van der Waals surface area contributed by atoms with Crippen molar-refractivity contribution in [3.63, 3.8) is 0 Å². The largest absolute Gasteiger partial charge is 0.492 e. The second kappa shape index (κ2) is 8.17. The minimum atomic E-state index is -0.311.